The van der Waals surface area contributed by atoms with E-state index in [-0.39, 0.29) is 17.1 Å². The third-order valence-corrected chi connectivity index (χ3v) is 6.50. The highest BCUT2D eigenvalue weighted by atomic mass is 35.5. The lowest BCUT2D eigenvalue weighted by molar-refractivity contribution is -0.896. The van der Waals surface area contributed by atoms with Gasteiger partial charge in [-0.3, -0.25) is 9.59 Å². The largest absolute Gasteiger partial charge is 0.497 e. The van der Waals surface area contributed by atoms with Crippen LogP contribution in [0, 0.1) is 0 Å². The Morgan fingerprint density at radius 1 is 1.12 bits per heavy atom. The van der Waals surface area contributed by atoms with E-state index in [0.717, 1.165) is 31.6 Å². The smallest absolute Gasteiger partial charge is 0.290 e. The Morgan fingerprint density at radius 3 is 2.62 bits per heavy atom. The van der Waals surface area contributed by atoms with Gasteiger partial charge in [0.2, 0.25) is 5.76 Å². The lowest BCUT2D eigenvalue weighted by atomic mass is 9.98. The number of amides is 1. The molecule has 2 heterocycles. The number of nitrogens with zero attached hydrogens (tertiary/aromatic N) is 1. The maximum absolute atomic E-state index is 13.5. The Morgan fingerprint density at radius 2 is 1.91 bits per heavy atom. The molecule has 0 radical (unpaired) electrons. The number of hydrogen-bond acceptors (Lipinski definition) is 4. The van der Waals surface area contributed by atoms with Crippen molar-refractivity contribution in [1.29, 1.82) is 0 Å². The number of methoxy groups -OCH3 is 1. The lowest BCUT2D eigenvalue weighted by Crippen LogP contribution is -3.11. The Kier molecular flexibility index (Phi) is 6.53. The number of nitrogens with one attached hydrogen (secondary N) is 1. The van der Waals surface area contributed by atoms with Crippen LogP contribution in [0.15, 0.2) is 51.7 Å². The Hall–Kier alpha value is -2.83. The van der Waals surface area contributed by atoms with Crippen molar-refractivity contribution in [2.24, 2.45) is 0 Å². The zero-order valence-electron chi connectivity index (χ0n) is 18.6. The summed E-state index contributed by atoms with van der Waals surface area (Å²) >= 11 is 6.14. The van der Waals surface area contributed by atoms with Crippen molar-refractivity contribution in [3.8, 4) is 5.75 Å². The van der Waals surface area contributed by atoms with Gasteiger partial charge in [0.15, 0.2) is 5.43 Å². The van der Waals surface area contributed by atoms with Crippen LogP contribution in [-0.2, 0) is 0 Å². The third kappa shape index (κ3) is 4.00. The summed E-state index contributed by atoms with van der Waals surface area (Å²) in [5, 5.41) is 0.831. The summed E-state index contributed by atoms with van der Waals surface area (Å²) < 4.78 is 11.4. The monoisotopic (exact) mass is 455 g/mol. The van der Waals surface area contributed by atoms with Gasteiger partial charge in [0.25, 0.3) is 5.91 Å². The molecule has 1 N–H and O–H groups in total. The number of halogens is 1. The molecule has 0 spiro atoms. The molecule has 1 aromatic heterocycles. The fraction of sp³-hybridized carbons (Fsp3) is 0.360. The molecule has 0 unspecified atom stereocenters. The van der Waals surface area contributed by atoms with Crippen LogP contribution >= 0.6 is 11.6 Å². The Labute approximate surface area is 192 Å². The molecule has 0 saturated heterocycles. The minimum absolute atomic E-state index is 0.118. The van der Waals surface area contributed by atoms with Crippen molar-refractivity contribution in [2.45, 2.75) is 26.3 Å². The average Bonchev–Trinajstić information content (AvgIpc) is 3.09. The quantitative estimate of drug-likeness (QED) is 0.566. The molecule has 1 atom stereocenters. The SMILES string of the molecule is CC[NH+](CC)CCCN1C(=O)c2oc3ccc(Cl)cc3c(=O)c2[C@@H]1c1cccc(OC)c1. The average molecular weight is 456 g/mol. The molecule has 1 aliphatic heterocycles. The van der Waals surface area contributed by atoms with Crippen LogP contribution in [0.4, 0.5) is 0 Å². The van der Waals surface area contributed by atoms with Gasteiger partial charge in [-0.15, -0.1) is 0 Å². The van der Waals surface area contributed by atoms with Gasteiger partial charge in [0.05, 0.1) is 43.7 Å². The van der Waals surface area contributed by atoms with E-state index in [1.54, 1.807) is 30.2 Å². The number of benzene rings is 2. The minimum atomic E-state index is -0.529. The summed E-state index contributed by atoms with van der Waals surface area (Å²) in [6.45, 7) is 7.89. The maximum atomic E-state index is 13.5. The first-order chi connectivity index (χ1) is 15.5. The van der Waals surface area contributed by atoms with Crippen molar-refractivity contribution >= 4 is 28.5 Å². The fourth-order valence-electron chi connectivity index (χ4n) is 4.48. The van der Waals surface area contributed by atoms with E-state index in [0.29, 0.717) is 33.8 Å². The summed E-state index contributed by atoms with van der Waals surface area (Å²) in [6, 6.07) is 11.9. The van der Waals surface area contributed by atoms with Gasteiger partial charge < -0.3 is 19.0 Å². The number of rotatable bonds is 8. The van der Waals surface area contributed by atoms with Crippen LogP contribution in [0.3, 0.4) is 0 Å². The number of fused-ring (bicyclic) bond motifs is 2. The molecule has 7 heteroatoms. The van der Waals surface area contributed by atoms with E-state index >= 15 is 0 Å². The molecule has 32 heavy (non-hydrogen) atoms. The summed E-state index contributed by atoms with van der Waals surface area (Å²) in [5.41, 5.74) is 1.33. The van der Waals surface area contributed by atoms with Gasteiger partial charge in [0, 0.05) is 18.0 Å². The summed E-state index contributed by atoms with van der Waals surface area (Å²) in [5.74, 6) is 0.535. The van der Waals surface area contributed by atoms with Crippen molar-refractivity contribution in [3.63, 3.8) is 0 Å². The van der Waals surface area contributed by atoms with Crippen molar-refractivity contribution in [1.82, 2.24) is 4.90 Å². The van der Waals surface area contributed by atoms with Gasteiger partial charge in [-0.05, 0) is 49.7 Å². The molecular formula is C25H28ClN2O4+. The van der Waals surface area contributed by atoms with E-state index in [9.17, 15) is 9.59 Å². The minimum Gasteiger partial charge on any atom is -0.497 e. The summed E-state index contributed by atoms with van der Waals surface area (Å²) in [7, 11) is 1.60. The molecule has 3 aromatic rings. The van der Waals surface area contributed by atoms with E-state index < -0.39 is 6.04 Å². The van der Waals surface area contributed by atoms with Crippen LogP contribution in [0.5, 0.6) is 5.75 Å². The molecule has 0 bridgehead atoms. The third-order valence-electron chi connectivity index (χ3n) is 6.27. The highest BCUT2D eigenvalue weighted by molar-refractivity contribution is 6.31. The Balaban J connectivity index is 1.82. The predicted octanol–water partition coefficient (Wildman–Crippen LogP) is 3.32. The maximum Gasteiger partial charge on any atom is 0.290 e. The van der Waals surface area contributed by atoms with Gasteiger partial charge in [0.1, 0.15) is 11.3 Å². The number of hydrogen-bond donors (Lipinski definition) is 1. The molecule has 1 aliphatic rings. The van der Waals surface area contributed by atoms with Crippen LogP contribution in [-0.4, -0.2) is 44.1 Å². The van der Waals surface area contributed by atoms with E-state index in [2.05, 4.69) is 13.8 Å². The standard InChI is InChI=1S/C25H27ClN2O4/c1-4-27(5-2)12-7-13-28-22(16-8-6-9-18(14-16)31-3)21-23(29)19-15-17(26)10-11-20(19)32-24(21)25(28)30/h6,8-11,14-15,22H,4-5,7,12-13H2,1-3H3/p+1/t22-/m0/s1. The van der Waals surface area contributed by atoms with E-state index in [1.165, 1.54) is 4.90 Å². The zero-order valence-corrected chi connectivity index (χ0v) is 19.4. The topological polar surface area (TPSA) is 64.2 Å². The van der Waals surface area contributed by atoms with Crippen LogP contribution in [0.1, 0.15) is 48.0 Å². The second kappa shape index (κ2) is 9.35. The summed E-state index contributed by atoms with van der Waals surface area (Å²) in [6.07, 6.45) is 0.830. The normalized spacial score (nSPS) is 15.6. The van der Waals surface area contributed by atoms with Crippen molar-refractivity contribution in [2.75, 3.05) is 33.3 Å². The number of carbonyl (C=O) groups excluding carboxylic acids is 1. The number of quaternary nitrogens is 1. The molecule has 168 valence electrons. The first kappa shape index (κ1) is 22.4. The van der Waals surface area contributed by atoms with Gasteiger partial charge in [-0.2, -0.15) is 0 Å². The number of carbonyl (C=O) groups is 1. The molecule has 1 amide bonds. The van der Waals surface area contributed by atoms with Crippen LogP contribution in [0.2, 0.25) is 5.02 Å². The van der Waals surface area contributed by atoms with Crippen molar-refractivity contribution < 1.29 is 18.8 Å². The van der Waals surface area contributed by atoms with Crippen LogP contribution < -0.4 is 15.1 Å². The fourth-order valence-corrected chi connectivity index (χ4v) is 4.66. The first-order valence-electron chi connectivity index (χ1n) is 11.0. The summed E-state index contributed by atoms with van der Waals surface area (Å²) in [4.78, 5) is 30.2. The number of ether oxygens (including phenoxy) is 1. The van der Waals surface area contributed by atoms with Gasteiger partial charge >= 0.3 is 0 Å². The van der Waals surface area contributed by atoms with E-state index in [4.69, 9.17) is 20.8 Å². The second-order valence-corrected chi connectivity index (χ2v) is 8.49. The van der Waals surface area contributed by atoms with Gasteiger partial charge in [-0.1, -0.05) is 23.7 Å². The molecule has 0 saturated carbocycles. The van der Waals surface area contributed by atoms with E-state index in [1.807, 2.05) is 24.3 Å². The second-order valence-electron chi connectivity index (χ2n) is 8.05. The molecule has 2 aromatic carbocycles. The lowest BCUT2D eigenvalue weighted by Gasteiger charge is -2.26. The predicted molar refractivity (Wildman–Crippen MR) is 125 cm³/mol. The molecule has 6 nitrogen and oxygen atoms in total. The molecule has 0 aliphatic carbocycles. The van der Waals surface area contributed by atoms with Crippen molar-refractivity contribution in [3.05, 3.63) is 74.6 Å². The van der Waals surface area contributed by atoms with Gasteiger partial charge in [-0.25, -0.2) is 0 Å². The molecule has 4 rings (SSSR count). The first-order valence-corrected chi connectivity index (χ1v) is 11.4. The highest BCUT2D eigenvalue weighted by Crippen LogP contribution is 2.39. The van der Waals surface area contributed by atoms with Crippen LogP contribution in [0.25, 0.3) is 11.0 Å². The highest BCUT2D eigenvalue weighted by Gasteiger charge is 2.42. The molecule has 0 fully saturated rings. The Bertz CT molecular complexity index is 1200. The molecular weight excluding hydrogens is 428 g/mol. The zero-order chi connectivity index (χ0) is 22.8.